The van der Waals surface area contributed by atoms with Crippen molar-refractivity contribution in [1.82, 2.24) is 4.90 Å². The molecule has 0 amide bonds. The van der Waals surface area contributed by atoms with E-state index in [1.54, 1.807) is 6.07 Å². The monoisotopic (exact) mass is 268 g/mol. The molecule has 0 saturated carbocycles. The molecule has 2 N–H and O–H groups in total. The topological polar surface area (TPSA) is 29.3 Å². The van der Waals surface area contributed by atoms with Crippen LogP contribution in [-0.4, -0.2) is 24.0 Å². The molecule has 2 nitrogen and oxygen atoms in total. The van der Waals surface area contributed by atoms with Crippen LogP contribution in [0.1, 0.15) is 44.2 Å². The number of nitrogens with two attached hydrogens (primary N) is 1. The fourth-order valence-electron chi connectivity index (χ4n) is 3.05. The van der Waals surface area contributed by atoms with Crippen molar-refractivity contribution in [2.75, 3.05) is 13.1 Å². The summed E-state index contributed by atoms with van der Waals surface area (Å²) >= 11 is 0. The Morgan fingerprint density at radius 3 is 2.84 bits per heavy atom. The number of hydrogen-bond donors (Lipinski definition) is 1. The molecule has 2 atom stereocenters. The molecule has 19 heavy (non-hydrogen) atoms. The van der Waals surface area contributed by atoms with Gasteiger partial charge >= 0.3 is 0 Å². The predicted molar refractivity (Wildman–Crippen MR) is 72.8 cm³/mol. The third kappa shape index (κ3) is 3.31. The lowest BCUT2D eigenvalue weighted by atomic mass is 9.95. The maximum atomic E-state index is 13.9. The summed E-state index contributed by atoms with van der Waals surface area (Å²) in [7, 11) is 0. The first-order valence-electron chi connectivity index (χ1n) is 7.04. The van der Waals surface area contributed by atoms with Gasteiger partial charge in [0.1, 0.15) is 11.6 Å². The molecule has 0 aromatic heterocycles. The number of hydrogen-bond acceptors (Lipinski definition) is 2. The summed E-state index contributed by atoms with van der Waals surface area (Å²) in [6, 6.07) is 4.24. The normalized spacial score (nSPS) is 22.4. The smallest absolute Gasteiger partial charge is 0.130 e. The van der Waals surface area contributed by atoms with E-state index >= 15 is 0 Å². The summed E-state index contributed by atoms with van der Waals surface area (Å²) in [5.41, 5.74) is 6.23. The van der Waals surface area contributed by atoms with Crippen molar-refractivity contribution in [3.05, 3.63) is 35.4 Å². The van der Waals surface area contributed by atoms with E-state index in [1.807, 2.05) is 6.92 Å². The van der Waals surface area contributed by atoms with E-state index in [-0.39, 0.29) is 6.04 Å². The zero-order valence-electron chi connectivity index (χ0n) is 11.4. The SMILES string of the molecule is CC(c1ccc(F)cc1F)N1CCCCC1CCN. The third-order valence-electron chi connectivity index (χ3n) is 4.08. The minimum absolute atomic E-state index is 0.0301. The largest absolute Gasteiger partial charge is 0.330 e. The molecule has 0 bridgehead atoms. The summed E-state index contributed by atoms with van der Waals surface area (Å²) in [6.45, 7) is 3.60. The van der Waals surface area contributed by atoms with Crippen molar-refractivity contribution in [3.8, 4) is 0 Å². The Bertz CT molecular complexity index is 421. The van der Waals surface area contributed by atoms with Crippen LogP contribution in [-0.2, 0) is 0 Å². The molecule has 2 unspecified atom stereocenters. The number of benzene rings is 1. The van der Waals surface area contributed by atoms with Crippen LogP contribution < -0.4 is 5.73 Å². The lowest BCUT2D eigenvalue weighted by molar-refractivity contribution is 0.0965. The molecule has 1 heterocycles. The van der Waals surface area contributed by atoms with E-state index in [1.165, 1.54) is 12.5 Å². The maximum Gasteiger partial charge on any atom is 0.130 e. The van der Waals surface area contributed by atoms with Gasteiger partial charge in [-0.25, -0.2) is 8.78 Å². The maximum absolute atomic E-state index is 13.9. The fraction of sp³-hybridized carbons (Fsp3) is 0.600. The molecule has 1 saturated heterocycles. The van der Waals surface area contributed by atoms with Gasteiger partial charge in [-0.15, -0.1) is 0 Å². The van der Waals surface area contributed by atoms with Gasteiger partial charge in [-0.1, -0.05) is 12.5 Å². The molecule has 2 rings (SSSR count). The van der Waals surface area contributed by atoms with Crippen LogP contribution in [0.4, 0.5) is 8.78 Å². The molecule has 1 aromatic carbocycles. The second-order valence-electron chi connectivity index (χ2n) is 5.31. The highest BCUT2D eigenvalue weighted by atomic mass is 19.1. The molecule has 0 radical (unpaired) electrons. The van der Waals surface area contributed by atoms with Gasteiger partial charge in [0.05, 0.1) is 0 Å². The zero-order chi connectivity index (χ0) is 13.8. The zero-order valence-corrected chi connectivity index (χ0v) is 11.4. The average Bonchev–Trinajstić information content (AvgIpc) is 2.39. The van der Waals surface area contributed by atoms with Crippen molar-refractivity contribution in [2.45, 2.75) is 44.7 Å². The van der Waals surface area contributed by atoms with E-state index in [0.717, 1.165) is 31.9 Å². The standard InChI is InChI=1S/C15H22F2N2/c1-11(14-6-5-12(16)10-15(14)17)19-9-3-2-4-13(19)7-8-18/h5-6,10-11,13H,2-4,7-9,18H2,1H3. The second-order valence-corrected chi connectivity index (χ2v) is 5.31. The Morgan fingerprint density at radius 2 is 2.16 bits per heavy atom. The highest BCUT2D eigenvalue weighted by Crippen LogP contribution is 2.31. The van der Waals surface area contributed by atoms with E-state index in [0.29, 0.717) is 18.2 Å². The van der Waals surface area contributed by atoms with Crippen LogP contribution in [0.15, 0.2) is 18.2 Å². The number of nitrogens with zero attached hydrogens (tertiary/aromatic N) is 1. The summed E-state index contributed by atoms with van der Waals surface area (Å²) in [5.74, 6) is -0.977. The van der Waals surface area contributed by atoms with E-state index < -0.39 is 11.6 Å². The van der Waals surface area contributed by atoms with Crippen molar-refractivity contribution >= 4 is 0 Å². The molecule has 0 aliphatic carbocycles. The Kier molecular flexibility index (Phi) is 4.88. The first-order valence-corrected chi connectivity index (χ1v) is 7.04. The summed E-state index contributed by atoms with van der Waals surface area (Å²) in [6.07, 6.45) is 4.39. The second kappa shape index (κ2) is 6.44. The van der Waals surface area contributed by atoms with E-state index in [2.05, 4.69) is 4.90 Å². The molecular weight excluding hydrogens is 246 g/mol. The first kappa shape index (κ1) is 14.4. The summed E-state index contributed by atoms with van der Waals surface area (Å²) < 4.78 is 26.9. The Hall–Kier alpha value is -1.00. The summed E-state index contributed by atoms with van der Waals surface area (Å²) in [4.78, 5) is 2.31. The van der Waals surface area contributed by atoms with Gasteiger partial charge in [0.2, 0.25) is 0 Å². The molecular formula is C15H22F2N2. The quantitative estimate of drug-likeness (QED) is 0.908. The van der Waals surface area contributed by atoms with Crippen LogP contribution in [0.5, 0.6) is 0 Å². The van der Waals surface area contributed by atoms with Crippen molar-refractivity contribution in [1.29, 1.82) is 0 Å². The van der Waals surface area contributed by atoms with Crippen LogP contribution in [0.25, 0.3) is 0 Å². The molecule has 1 aliphatic heterocycles. The highest BCUT2D eigenvalue weighted by Gasteiger charge is 2.28. The lowest BCUT2D eigenvalue weighted by Crippen LogP contribution is -2.42. The average molecular weight is 268 g/mol. The van der Waals surface area contributed by atoms with Gasteiger partial charge in [-0.3, -0.25) is 4.90 Å². The highest BCUT2D eigenvalue weighted by molar-refractivity contribution is 5.22. The van der Waals surface area contributed by atoms with Gasteiger partial charge in [0.15, 0.2) is 0 Å². The number of piperidine rings is 1. The van der Waals surface area contributed by atoms with Crippen molar-refractivity contribution < 1.29 is 8.78 Å². The molecule has 0 spiro atoms. The van der Waals surface area contributed by atoms with Crippen LogP contribution >= 0.6 is 0 Å². The molecule has 1 aromatic rings. The van der Waals surface area contributed by atoms with Gasteiger partial charge in [0.25, 0.3) is 0 Å². The molecule has 106 valence electrons. The minimum Gasteiger partial charge on any atom is -0.330 e. The fourth-order valence-corrected chi connectivity index (χ4v) is 3.05. The minimum atomic E-state index is -0.523. The molecule has 1 fully saturated rings. The first-order chi connectivity index (χ1) is 9.13. The lowest BCUT2D eigenvalue weighted by Gasteiger charge is -2.40. The molecule has 1 aliphatic rings. The van der Waals surface area contributed by atoms with Crippen molar-refractivity contribution in [3.63, 3.8) is 0 Å². The Morgan fingerprint density at radius 1 is 1.37 bits per heavy atom. The third-order valence-corrected chi connectivity index (χ3v) is 4.08. The van der Waals surface area contributed by atoms with Gasteiger partial charge in [-0.2, -0.15) is 0 Å². The Labute approximate surface area is 113 Å². The van der Waals surface area contributed by atoms with Crippen LogP contribution in [0.3, 0.4) is 0 Å². The predicted octanol–water partition coefficient (Wildman–Crippen LogP) is 3.23. The van der Waals surface area contributed by atoms with Gasteiger partial charge < -0.3 is 5.73 Å². The van der Waals surface area contributed by atoms with Gasteiger partial charge in [0, 0.05) is 23.7 Å². The summed E-state index contributed by atoms with van der Waals surface area (Å²) in [5, 5.41) is 0. The Balaban J connectivity index is 2.18. The number of likely N-dealkylation sites (tertiary alicyclic amines) is 1. The van der Waals surface area contributed by atoms with Gasteiger partial charge in [-0.05, 0) is 45.3 Å². The van der Waals surface area contributed by atoms with E-state index in [9.17, 15) is 8.78 Å². The van der Waals surface area contributed by atoms with E-state index in [4.69, 9.17) is 5.73 Å². The molecule has 4 heteroatoms. The van der Waals surface area contributed by atoms with Crippen LogP contribution in [0, 0.1) is 11.6 Å². The van der Waals surface area contributed by atoms with Crippen LogP contribution in [0.2, 0.25) is 0 Å². The number of halogens is 2. The van der Waals surface area contributed by atoms with Crippen molar-refractivity contribution in [2.24, 2.45) is 5.73 Å². The number of rotatable bonds is 4.